The Hall–Kier alpha value is -1.32. The molecule has 1 saturated heterocycles. The molecule has 0 aliphatic carbocycles. The van der Waals surface area contributed by atoms with Crippen molar-refractivity contribution in [3.8, 4) is 0 Å². The highest BCUT2D eigenvalue weighted by atomic mass is 19.2. The summed E-state index contributed by atoms with van der Waals surface area (Å²) >= 11 is 0. The first-order valence-corrected chi connectivity index (χ1v) is 6.64. The molecule has 1 unspecified atom stereocenters. The number of anilines is 2. The van der Waals surface area contributed by atoms with Crippen LogP contribution in [0.4, 0.5) is 20.2 Å². The Morgan fingerprint density at radius 3 is 2.67 bits per heavy atom. The summed E-state index contributed by atoms with van der Waals surface area (Å²) in [6.45, 7) is 2.99. The van der Waals surface area contributed by atoms with Gasteiger partial charge in [-0.1, -0.05) is 19.8 Å². The van der Waals surface area contributed by atoms with Gasteiger partial charge in [0.15, 0.2) is 11.6 Å². The molecule has 1 aliphatic rings. The smallest absolute Gasteiger partial charge is 0.161 e. The van der Waals surface area contributed by atoms with Crippen LogP contribution in [0.15, 0.2) is 12.1 Å². The van der Waals surface area contributed by atoms with Gasteiger partial charge in [0, 0.05) is 24.7 Å². The van der Waals surface area contributed by atoms with Crippen molar-refractivity contribution in [2.45, 2.75) is 45.1 Å². The van der Waals surface area contributed by atoms with Crippen LogP contribution in [0, 0.1) is 11.6 Å². The second-order valence-corrected chi connectivity index (χ2v) is 4.93. The maximum atomic E-state index is 13.4. The Labute approximate surface area is 107 Å². The molecule has 0 bridgehead atoms. The van der Waals surface area contributed by atoms with Crippen LogP contribution in [0.25, 0.3) is 0 Å². The maximum absolute atomic E-state index is 13.4. The molecular formula is C14H20F2N2. The lowest BCUT2D eigenvalue weighted by Crippen LogP contribution is -2.35. The summed E-state index contributed by atoms with van der Waals surface area (Å²) in [5, 5.41) is 0. The largest absolute Gasteiger partial charge is 0.397 e. The van der Waals surface area contributed by atoms with Crippen molar-refractivity contribution in [1.29, 1.82) is 0 Å². The molecule has 0 amide bonds. The third-order valence-electron chi connectivity index (χ3n) is 3.73. The summed E-state index contributed by atoms with van der Waals surface area (Å²) < 4.78 is 26.5. The average Bonchev–Trinajstić information content (AvgIpc) is 2.58. The molecule has 0 radical (unpaired) electrons. The van der Waals surface area contributed by atoms with Crippen molar-refractivity contribution in [2.75, 3.05) is 17.2 Å². The molecule has 1 aromatic rings. The summed E-state index contributed by atoms with van der Waals surface area (Å²) in [4.78, 5) is 2.14. The molecule has 2 N–H and O–H groups in total. The van der Waals surface area contributed by atoms with E-state index >= 15 is 0 Å². The van der Waals surface area contributed by atoms with Gasteiger partial charge in [0.25, 0.3) is 0 Å². The standard InChI is InChI=1S/C14H20F2N2/c1-2-10-6-4-3-5-7-18(10)14-9-12(16)11(15)8-13(14)17/h8-10H,2-7,17H2,1H3. The van der Waals surface area contributed by atoms with Crippen LogP contribution in [0.5, 0.6) is 0 Å². The van der Waals surface area contributed by atoms with Gasteiger partial charge in [0.05, 0.1) is 11.4 Å². The monoisotopic (exact) mass is 254 g/mol. The van der Waals surface area contributed by atoms with Gasteiger partial charge < -0.3 is 10.6 Å². The molecule has 2 rings (SSSR count). The molecule has 0 aromatic heterocycles. The highest BCUT2D eigenvalue weighted by Crippen LogP contribution is 2.31. The van der Waals surface area contributed by atoms with Crippen LogP contribution in [0.1, 0.15) is 39.0 Å². The lowest BCUT2D eigenvalue weighted by atomic mass is 10.1. The van der Waals surface area contributed by atoms with E-state index in [4.69, 9.17) is 5.73 Å². The fourth-order valence-corrected chi connectivity index (χ4v) is 2.72. The molecule has 1 fully saturated rings. The van der Waals surface area contributed by atoms with E-state index in [9.17, 15) is 8.78 Å². The Morgan fingerprint density at radius 1 is 1.22 bits per heavy atom. The molecule has 4 heteroatoms. The minimum Gasteiger partial charge on any atom is -0.397 e. The first-order valence-electron chi connectivity index (χ1n) is 6.64. The number of nitrogens with two attached hydrogens (primary N) is 1. The minimum absolute atomic E-state index is 0.328. The third kappa shape index (κ3) is 2.57. The van der Waals surface area contributed by atoms with E-state index in [2.05, 4.69) is 11.8 Å². The van der Waals surface area contributed by atoms with E-state index in [-0.39, 0.29) is 0 Å². The van der Waals surface area contributed by atoms with Gasteiger partial charge in [0.1, 0.15) is 0 Å². The number of hydrogen-bond donors (Lipinski definition) is 1. The van der Waals surface area contributed by atoms with Crippen molar-refractivity contribution in [3.05, 3.63) is 23.8 Å². The topological polar surface area (TPSA) is 29.3 Å². The summed E-state index contributed by atoms with van der Waals surface area (Å²) in [5.74, 6) is -1.70. The van der Waals surface area contributed by atoms with Crippen molar-refractivity contribution in [2.24, 2.45) is 0 Å². The highest BCUT2D eigenvalue weighted by molar-refractivity contribution is 5.68. The van der Waals surface area contributed by atoms with E-state index in [1.54, 1.807) is 0 Å². The lowest BCUT2D eigenvalue weighted by molar-refractivity contribution is 0.506. The molecule has 1 atom stereocenters. The molecule has 100 valence electrons. The van der Waals surface area contributed by atoms with Crippen LogP contribution in [-0.4, -0.2) is 12.6 Å². The Bertz CT molecular complexity index is 421. The second-order valence-electron chi connectivity index (χ2n) is 4.93. The molecule has 1 aliphatic heterocycles. The van der Waals surface area contributed by atoms with Gasteiger partial charge in [0.2, 0.25) is 0 Å². The summed E-state index contributed by atoms with van der Waals surface area (Å²) in [5.41, 5.74) is 6.81. The Balaban J connectivity index is 2.35. The van der Waals surface area contributed by atoms with E-state index in [1.807, 2.05) is 0 Å². The van der Waals surface area contributed by atoms with Crippen molar-refractivity contribution in [1.82, 2.24) is 0 Å². The summed E-state index contributed by atoms with van der Waals surface area (Å²) in [6, 6.07) is 2.70. The predicted octanol–water partition coefficient (Wildman–Crippen LogP) is 3.71. The third-order valence-corrected chi connectivity index (χ3v) is 3.73. The van der Waals surface area contributed by atoms with E-state index in [0.29, 0.717) is 17.4 Å². The van der Waals surface area contributed by atoms with Crippen LogP contribution in [-0.2, 0) is 0 Å². The first kappa shape index (κ1) is 13.1. The molecule has 2 nitrogen and oxygen atoms in total. The second kappa shape index (κ2) is 5.55. The van der Waals surface area contributed by atoms with Crippen molar-refractivity contribution in [3.63, 3.8) is 0 Å². The number of nitrogens with zero attached hydrogens (tertiary/aromatic N) is 1. The SMILES string of the molecule is CCC1CCCCCN1c1cc(F)c(F)cc1N. The predicted molar refractivity (Wildman–Crippen MR) is 70.7 cm³/mol. The highest BCUT2D eigenvalue weighted by Gasteiger charge is 2.22. The van der Waals surface area contributed by atoms with E-state index in [1.165, 1.54) is 18.9 Å². The van der Waals surface area contributed by atoms with E-state index in [0.717, 1.165) is 31.9 Å². The average molecular weight is 254 g/mol. The number of rotatable bonds is 2. The zero-order valence-electron chi connectivity index (χ0n) is 10.8. The quantitative estimate of drug-likeness (QED) is 0.815. The van der Waals surface area contributed by atoms with Gasteiger partial charge in [-0.2, -0.15) is 0 Å². The molecular weight excluding hydrogens is 234 g/mol. The van der Waals surface area contributed by atoms with Crippen LogP contribution < -0.4 is 10.6 Å². The number of hydrogen-bond acceptors (Lipinski definition) is 2. The molecule has 18 heavy (non-hydrogen) atoms. The minimum atomic E-state index is -0.876. The molecule has 0 spiro atoms. The Morgan fingerprint density at radius 2 is 1.94 bits per heavy atom. The van der Waals surface area contributed by atoms with Gasteiger partial charge in [-0.15, -0.1) is 0 Å². The van der Waals surface area contributed by atoms with Crippen LogP contribution in [0.3, 0.4) is 0 Å². The van der Waals surface area contributed by atoms with Gasteiger partial charge in [-0.3, -0.25) is 0 Å². The number of halogens is 2. The first-order chi connectivity index (χ1) is 8.63. The molecule has 1 aromatic carbocycles. The number of nitrogen functional groups attached to an aromatic ring is 1. The Kier molecular flexibility index (Phi) is 4.04. The van der Waals surface area contributed by atoms with Gasteiger partial charge in [-0.05, 0) is 19.3 Å². The van der Waals surface area contributed by atoms with Crippen LogP contribution in [0.2, 0.25) is 0 Å². The molecule has 0 saturated carbocycles. The van der Waals surface area contributed by atoms with Crippen molar-refractivity contribution >= 4 is 11.4 Å². The maximum Gasteiger partial charge on any atom is 0.161 e. The fraction of sp³-hybridized carbons (Fsp3) is 0.571. The normalized spacial score (nSPS) is 20.8. The fourth-order valence-electron chi connectivity index (χ4n) is 2.72. The zero-order chi connectivity index (χ0) is 13.1. The zero-order valence-corrected chi connectivity index (χ0v) is 10.8. The number of benzene rings is 1. The lowest BCUT2D eigenvalue weighted by Gasteiger charge is -2.32. The van der Waals surface area contributed by atoms with Crippen LogP contribution >= 0.6 is 0 Å². The van der Waals surface area contributed by atoms with Gasteiger partial charge in [-0.25, -0.2) is 8.78 Å². The summed E-state index contributed by atoms with van der Waals surface area (Å²) in [6.07, 6.45) is 5.55. The van der Waals surface area contributed by atoms with Gasteiger partial charge >= 0.3 is 0 Å². The molecule has 1 heterocycles. The van der Waals surface area contributed by atoms with E-state index < -0.39 is 11.6 Å². The summed E-state index contributed by atoms with van der Waals surface area (Å²) in [7, 11) is 0. The van der Waals surface area contributed by atoms with Crippen molar-refractivity contribution < 1.29 is 8.78 Å².